The molecule has 21 heavy (non-hydrogen) atoms. The topological polar surface area (TPSA) is 72.3 Å². The molecule has 1 N–H and O–H groups in total. The summed E-state index contributed by atoms with van der Waals surface area (Å²) < 4.78 is 5.06. The van der Waals surface area contributed by atoms with Gasteiger partial charge in [0.1, 0.15) is 0 Å². The summed E-state index contributed by atoms with van der Waals surface area (Å²) in [6.07, 6.45) is 5.96. The van der Waals surface area contributed by atoms with Crippen LogP contribution in [0.15, 0.2) is 24.4 Å². The van der Waals surface area contributed by atoms with Crippen LogP contribution in [-0.2, 0) is 10.2 Å². The highest BCUT2D eigenvalue weighted by Gasteiger charge is 2.41. The number of benzene rings is 1. The van der Waals surface area contributed by atoms with Crippen LogP contribution in [-0.4, -0.2) is 28.2 Å². The Kier molecular flexibility index (Phi) is 3.49. The van der Waals surface area contributed by atoms with E-state index < -0.39 is 11.4 Å². The Morgan fingerprint density at radius 3 is 2.67 bits per heavy atom. The molecule has 0 atom stereocenters. The van der Waals surface area contributed by atoms with Gasteiger partial charge in [-0.1, -0.05) is 25.3 Å². The first kappa shape index (κ1) is 13.8. The normalized spacial score (nSPS) is 17.6. The van der Waals surface area contributed by atoms with E-state index in [4.69, 9.17) is 4.74 Å². The van der Waals surface area contributed by atoms with Gasteiger partial charge in [-0.25, -0.2) is 9.97 Å². The monoisotopic (exact) mass is 286 g/mol. The first-order valence-electron chi connectivity index (χ1n) is 7.20. The van der Waals surface area contributed by atoms with Crippen molar-refractivity contribution in [3.8, 4) is 5.88 Å². The third kappa shape index (κ3) is 2.33. The number of methoxy groups -OCH3 is 1. The minimum atomic E-state index is -0.770. The molecule has 0 bridgehead atoms. The Morgan fingerprint density at radius 1 is 1.24 bits per heavy atom. The minimum absolute atomic E-state index is 0.459. The van der Waals surface area contributed by atoms with Gasteiger partial charge < -0.3 is 9.84 Å². The lowest BCUT2D eigenvalue weighted by Gasteiger charge is -2.33. The molecule has 1 aromatic heterocycles. The number of aromatic nitrogens is 2. The van der Waals surface area contributed by atoms with Gasteiger partial charge in [0, 0.05) is 0 Å². The average molecular weight is 286 g/mol. The van der Waals surface area contributed by atoms with Gasteiger partial charge in [-0.2, -0.15) is 0 Å². The van der Waals surface area contributed by atoms with Crippen LogP contribution < -0.4 is 4.74 Å². The van der Waals surface area contributed by atoms with E-state index in [2.05, 4.69) is 9.97 Å². The highest BCUT2D eigenvalue weighted by molar-refractivity contribution is 5.84. The third-order valence-corrected chi connectivity index (χ3v) is 4.40. The summed E-state index contributed by atoms with van der Waals surface area (Å²) in [6.45, 7) is 0. The highest BCUT2D eigenvalue weighted by atomic mass is 16.5. The molecule has 5 heteroatoms. The number of fused-ring (bicyclic) bond motifs is 1. The molecule has 2 aromatic rings. The molecule has 110 valence electrons. The van der Waals surface area contributed by atoms with Gasteiger partial charge in [-0.05, 0) is 30.5 Å². The molecule has 0 spiro atoms. The zero-order chi connectivity index (χ0) is 14.9. The van der Waals surface area contributed by atoms with Crippen molar-refractivity contribution in [1.82, 2.24) is 9.97 Å². The van der Waals surface area contributed by atoms with Gasteiger partial charge >= 0.3 is 5.97 Å². The van der Waals surface area contributed by atoms with E-state index in [9.17, 15) is 9.90 Å². The zero-order valence-electron chi connectivity index (χ0n) is 12.0. The van der Waals surface area contributed by atoms with Crippen LogP contribution in [0.4, 0.5) is 0 Å². The number of hydrogen-bond acceptors (Lipinski definition) is 4. The Labute approximate surface area is 123 Å². The summed E-state index contributed by atoms with van der Waals surface area (Å²) in [5.41, 5.74) is 1.49. The number of carbonyl (C=O) groups is 1. The second-order valence-corrected chi connectivity index (χ2v) is 5.56. The smallest absolute Gasteiger partial charge is 0.314 e. The van der Waals surface area contributed by atoms with Crippen LogP contribution in [0.3, 0.4) is 0 Å². The summed E-state index contributed by atoms with van der Waals surface area (Å²) in [4.78, 5) is 20.5. The van der Waals surface area contributed by atoms with Crippen molar-refractivity contribution in [2.45, 2.75) is 37.5 Å². The Balaban J connectivity index is 2.08. The van der Waals surface area contributed by atoms with Gasteiger partial charge in [0.2, 0.25) is 5.88 Å². The lowest BCUT2D eigenvalue weighted by atomic mass is 9.69. The summed E-state index contributed by atoms with van der Waals surface area (Å²) in [6, 6.07) is 5.57. The number of rotatable bonds is 3. The highest BCUT2D eigenvalue weighted by Crippen LogP contribution is 2.40. The molecular weight excluding hydrogens is 268 g/mol. The number of ether oxygens (including phenoxy) is 1. The second kappa shape index (κ2) is 5.31. The molecule has 1 saturated carbocycles. The summed E-state index contributed by atoms with van der Waals surface area (Å²) >= 11 is 0. The average Bonchev–Trinajstić information content (AvgIpc) is 2.54. The fourth-order valence-electron chi connectivity index (χ4n) is 3.17. The molecule has 0 saturated heterocycles. The minimum Gasteiger partial charge on any atom is -0.481 e. The third-order valence-electron chi connectivity index (χ3n) is 4.40. The molecule has 1 aliphatic rings. The van der Waals surface area contributed by atoms with E-state index in [1.807, 2.05) is 18.2 Å². The van der Waals surface area contributed by atoms with Crippen LogP contribution in [0.2, 0.25) is 0 Å². The Bertz CT molecular complexity index is 678. The quantitative estimate of drug-likeness (QED) is 0.939. The Hall–Kier alpha value is -2.17. The van der Waals surface area contributed by atoms with E-state index in [0.29, 0.717) is 24.2 Å². The molecule has 0 amide bonds. The maximum atomic E-state index is 11.9. The van der Waals surface area contributed by atoms with Crippen molar-refractivity contribution in [3.05, 3.63) is 30.0 Å². The first-order valence-corrected chi connectivity index (χ1v) is 7.20. The largest absolute Gasteiger partial charge is 0.481 e. The Morgan fingerprint density at radius 2 is 2.00 bits per heavy atom. The van der Waals surface area contributed by atoms with Crippen molar-refractivity contribution < 1.29 is 14.6 Å². The van der Waals surface area contributed by atoms with Crippen molar-refractivity contribution in [3.63, 3.8) is 0 Å². The molecule has 1 aromatic carbocycles. The molecule has 0 aliphatic heterocycles. The molecule has 1 heterocycles. The van der Waals surface area contributed by atoms with Gasteiger partial charge in [0.15, 0.2) is 0 Å². The second-order valence-electron chi connectivity index (χ2n) is 5.56. The van der Waals surface area contributed by atoms with Gasteiger partial charge in [-0.3, -0.25) is 4.79 Å². The standard InChI is InChI=1S/C16H18N2O3/c1-21-14-10-17-13-9-11(5-6-12(13)18-14)16(15(19)20)7-3-2-4-8-16/h5-6,9-10H,2-4,7-8H2,1H3,(H,19,20). The van der Waals surface area contributed by atoms with Crippen LogP contribution in [0, 0.1) is 0 Å². The molecule has 5 nitrogen and oxygen atoms in total. The van der Waals surface area contributed by atoms with Crippen molar-refractivity contribution >= 4 is 17.0 Å². The lowest BCUT2D eigenvalue weighted by molar-refractivity contribution is -0.145. The summed E-state index contributed by atoms with van der Waals surface area (Å²) in [5, 5.41) is 9.74. The molecule has 3 rings (SSSR count). The van der Waals surface area contributed by atoms with Crippen LogP contribution in [0.25, 0.3) is 11.0 Å². The molecular formula is C16H18N2O3. The SMILES string of the molecule is COc1cnc2cc(C3(C(=O)O)CCCCC3)ccc2n1. The molecule has 0 radical (unpaired) electrons. The van der Waals surface area contributed by atoms with Crippen molar-refractivity contribution in [2.24, 2.45) is 0 Å². The van der Waals surface area contributed by atoms with Gasteiger partial charge in [0.25, 0.3) is 0 Å². The van der Waals surface area contributed by atoms with E-state index in [1.54, 1.807) is 13.3 Å². The summed E-state index contributed by atoms with van der Waals surface area (Å²) in [7, 11) is 1.55. The maximum absolute atomic E-state index is 11.9. The van der Waals surface area contributed by atoms with E-state index in [0.717, 1.165) is 30.3 Å². The fraction of sp³-hybridized carbons (Fsp3) is 0.438. The zero-order valence-corrected chi connectivity index (χ0v) is 12.0. The molecule has 0 unspecified atom stereocenters. The number of aliphatic carboxylic acids is 1. The molecule has 1 aliphatic carbocycles. The predicted molar refractivity (Wildman–Crippen MR) is 78.5 cm³/mol. The van der Waals surface area contributed by atoms with E-state index in [1.165, 1.54) is 0 Å². The number of carboxylic acid groups (broad SMARTS) is 1. The lowest BCUT2D eigenvalue weighted by Crippen LogP contribution is -2.37. The number of hydrogen-bond donors (Lipinski definition) is 1. The fourth-order valence-corrected chi connectivity index (χ4v) is 3.17. The van der Waals surface area contributed by atoms with Gasteiger partial charge in [0.05, 0.1) is 29.8 Å². The first-order chi connectivity index (χ1) is 10.2. The van der Waals surface area contributed by atoms with Crippen molar-refractivity contribution in [2.75, 3.05) is 7.11 Å². The number of nitrogens with zero attached hydrogens (tertiary/aromatic N) is 2. The maximum Gasteiger partial charge on any atom is 0.314 e. The van der Waals surface area contributed by atoms with Gasteiger partial charge in [-0.15, -0.1) is 0 Å². The predicted octanol–water partition coefficient (Wildman–Crippen LogP) is 2.92. The summed E-state index contributed by atoms with van der Waals surface area (Å²) in [5.74, 6) is -0.274. The number of carboxylic acids is 1. The van der Waals surface area contributed by atoms with E-state index >= 15 is 0 Å². The van der Waals surface area contributed by atoms with Crippen molar-refractivity contribution in [1.29, 1.82) is 0 Å². The van der Waals surface area contributed by atoms with Crippen LogP contribution in [0.1, 0.15) is 37.7 Å². The van der Waals surface area contributed by atoms with Crippen LogP contribution >= 0.6 is 0 Å². The van der Waals surface area contributed by atoms with E-state index in [-0.39, 0.29) is 0 Å². The molecule has 1 fully saturated rings. The van der Waals surface area contributed by atoms with Crippen LogP contribution in [0.5, 0.6) is 5.88 Å².